The van der Waals surface area contributed by atoms with E-state index >= 15 is 0 Å². The number of hydrogen-bond acceptors (Lipinski definition) is 4. The standard InChI is InChI=1S/C22H16F3N5O/c23-22(24,25)17-10-6-9-16(13-17)21-27-29-30(28-21)14-20(31)26-19-12-5-4-11-18(19)15-7-2-1-3-8-15/h1-13H,14H2,(H,26,31). The summed E-state index contributed by atoms with van der Waals surface area (Å²) < 4.78 is 38.7. The van der Waals surface area contributed by atoms with Crippen LogP contribution in [0.2, 0.25) is 0 Å². The summed E-state index contributed by atoms with van der Waals surface area (Å²) in [5, 5.41) is 14.4. The fraction of sp³-hybridized carbons (Fsp3) is 0.0909. The van der Waals surface area contributed by atoms with Gasteiger partial charge < -0.3 is 5.32 Å². The first-order valence-corrected chi connectivity index (χ1v) is 9.30. The predicted octanol–water partition coefficient (Wildman–Crippen LogP) is 4.66. The molecule has 1 aromatic heterocycles. The minimum Gasteiger partial charge on any atom is -0.324 e. The monoisotopic (exact) mass is 423 g/mol. The molecule has 0 saturated carbocycles. The molecule has 3 aromatic carbocycles. The Morgan fingerprint density at radius 2 is 1.61 bits per heavy atom. The lowest BCUT2D eigenvalue weighted by atomic mass is 10.0. The molecule has 0 saturated heterocycles. The zero-order valence-corrected chi connectivity index (χ0v) is 16.0. The molecule has 0 spiro atoms. The highest BCUT2D eigenvalue weighted by molar-refractivity contribution is 5.95. The van der Waals surface area contributed by atoms with Crippen LogP contribution in [0.15, 0.2) is 78.9 Å². The molecule has 0 fully saturated rings. The fourth-order valence-electron chi connectivity index (χ4n) is 3.04. The summed E-state index contributed by atoms with van der Waals surface area (Å²) in [7, 11) is 0. The third kappa shape index (κ3) is 4.77. The van der Waals surface area contributed by atoms with Gasteiger partial charge in [0.2, 0.25) is 11.7 Å². The predicted molar refractivity (Wildman–Crippen MR) is 109 cm³/mol. The number of para-hydroxylation sites is 1. The molecule has 0 aliphatic rings. The van der Waals surface area contributed by atoms with Gasteiger partial charge in [-0.15, -0.1) is 10.2 Å². The molecule has 4 rings (SSSR count). The van der Waals surface area contributed by atoms with Gasteiger partial charge in [-0.1, -0.05) is 60.7 Å². The smallest absolute Gasteiger partial charge is 0.324 e. The second kappa shape index (κ2) is 8.39. The van der Waals surface area contributed by atoms with Crippen molar-refractivity contribution in [3.63, 3.8) is 0 Å². The fourth-order valence-corrected chi connectivity index (χ4v) is 3.04. The summed E-state index contributed by atoms with van der Waals surface area (Å²) in [6, 6.07) is 21.6. The lowest BCUT2D eigenvalue weighted by Crippen LogP contribution is -2.20. The van der Waals surface area contributed by atoms with E-state index in [9.17, 15) is 18.0 Å². The number of hydrogen-bond donors (Lipinski definition) is 1. The quantitative estimate of drug-likeness (QED) is 0.507. The van der Waals surface area contributed by atoms with Crippen LogP contribution in [0, 0.1) is 0 Å². The van der Waals surface area contributed by atoms with E-state index < -0.39 is 17.6 Å². The van der Waals surface area contributed by atoms with Crippen molar-refractivity contribution in [2.24, 2.45) is 0 Å². The van der Waals surface area contributed by atoms with Crippen molar-refractivity contribution >= 4 is 11.6 Å². The third-order valence-corrected chi connectivity index (χ3v) is 4.47. The zero-order valence-electron chi connectivity index (χ0n) is 16.0. The van der Waals surface area contributed by atoms with Gasteiger partial charge in [-0.25, -0.2) is 0 Å². The molecule has 6 nitrogen and oxygen atoms in total. The number of amides is 1. The molecular formula is C22H16F3N5O. The van der Waals surface area contributed by atoms with Gasteiger partial charge in [0.1, 0.15) is 6.54 Å². The van der Waals surface area contributed by atoms with Crippen LogP contribution in [0.4, 0.5) is 18.9 Å². The second-order valence-corrected chi connectivity index (χ2v) is 6.68. The number of halogens is 3. The Hall–Kier alpha value is -4.01. The van der Waals surface area contributed by atoms with Crippen LogP contribution in [-0.2, 0) is 17.5 Å². The summed E-state index contributed by atoms with van der Waals surface area (Å²) in [6.45, 7) is -0.241. The Labute approximate surface area is 175 Å². The number of carbonyl (C=O) groups excluding carboxylic acids is 1. The van der Waals surface area contributed by atoms with Crippen LogP contribution in [0.5, 0.6) is 0 Å². The Kier molecular flexibility index (Phi) is 5.48. The molecule has 1 heterocycles. The maximum Gasteiger partial charge on any atom is 0.416 e. The molecule has 0 radical (unpaired) electrons. The summed E-state index contributed by atoms with van der Waals surface area (Å²) in [4.78, 5) is 13.5. The van der Waals surface area contributed by atoms with Gasteiger partial charge in [0.05, 0.1) is 5.56 Å². The second-order valence-electron chi connectivity index (χ2n) is 6.68. The van der Waals surface area contributed by atoms with Crippen LogP contribution < -0.4 is 5.32 Å². The van der Waals surface area contributed by atoms with Gasteiger partial charge in [-0.3, -0.25) is 4.79 Å². The van der Waals surface area contributed by atoms with E-state index in [1.807, 2.05) is 48.5 Å². The molecule has 4 aromatic rings. The largest absolute Gasteiger partial charge is 0.416 e. The molecule has 0 aliphatic heterocycles. The molecule has 9 heteroatoms. The highest BCUT2D eigenvalue weighted by Gasteiger charge is 2.30. The van der Waals surface area contributed by atoms with Crippen molar-refractivity contribution in [1.82, 2.24) is 20.2 Å². The normalized spacial score (nSPS) is 11.3. The first-order chi connectivity index (χ1) is 14.9. The minimum atomic E-state index is -4.47. The molecule has 156 valence electrons. The number of carbonyl (C=O) groups is 1. The maximum atomic E-state index is 12.9. The maximum absolute atomic E-state index is 12.9. The number of nitrogens with one attached hydrogen (secondary N) is 1. The van der Waals surface area contributed by atoms with E-state index in [2.05, 4.69) is 20.7 Å². The Balaban J connectivity index is 1.49. The summed E-state index contributed by atoms with van der Waals surface area (Å²) in [5.41, 5.74) is 1.78. The first-order valence-electron chi connectivity index (χ1n) is 9.30. The summed E-state index contributed by atoms with van der Waals surface area (Å²) in [6.07, 6.45) is -4.47. The van der Waals surface area contributed by atoms with Gasteiger partial charge in [-0.05, 0) is 29.0 Å². The molecule has 1 amide bonds. The van der Waals surface area contributed by atoms with E-state index in [0.717, 1.165) is 28.1 Å². The molecule has 31 heavy (non-hydrogen) atoms. The van der Waals surface area contributed by atoms with E-state index in [-0.39, 0.29) is 17.9 Å². The lowest BCUT2D eigenvalue weighted by molar-refractivity contribution is -0.137. The van der Waals surface area contributed by atoms with Gasteiger partial charge in [-0.2, -0.15) is 18.0 Å². The SMILES string of the molecule is O=C(Cn1nnc(-c2cccc(C(F)(F)F)c2)n1)Nc1ccccc1-c1ccccc1. The van der Waals surface area contributed by atoms with Crippen LogP contribution in [0.3, 0.4) is 0 Å². The van der Waals surface area contributed by atoms with Gasteiger partial charge >= 0.3 is 6.18 Å². The van der Waals surface area contributed by atoms with Crippen molar-refractivity contribution in [3.8, 4) is 22.5 Å². The van der Waals surface area contributed by atoms with E-state index in [0.29, 0.717) is 5.69 Å². The summed E-state index contributed by atoms with van der Waals surface area (Å²) >= 11 is 0. The molecule has 0 unspecified atom stereocenters. The van der Waals surface area contributed by atoms with Crippen molar-refractivity contribution in [1.29, 1.82) is 0 Å². The van der Waals surface area contributed by atoms with Crippen LogP contribution >= 0.6 is 0 Å². The number of benzene rings is 3. The van der Waals surface area contributed by atoms with Crippen molar-refractivity contribution < 1.29 is 18.0 Å². The van der Waals surface area contributed by atoms with Crippen LogP contribution in [0.25, 0.3) is 22.5 Å². The van der Waals surface area contributed by atoms with Crippen molar-refractivity contribution in [2.75, 3.05) is 5.32 Å². The average Bonchev–Trinajstić information content (AvgIpc) is 3.22. The lowest BCUT2D eigenvalue weighted by Gasteiger charge is -2.11. The average molecular weight is 423 g/mol. The molecule has 0 aliphatic carbocycles. The summed E-state index contributed by atoms with van der Waals surface area (Å²) in [5.74, 6) is -0.389. The molecule has 0 atom stereocenters. The van der Waals surface area contributed by atoms with Gasteiger partial charge in [0.15, 0.2) is 0 Å². The van der Waals surface area contributed by atoms with E-state index in [1.54, 1.807) is 6.07 Å². The third-order valence-electron chi connectivity index (χ3n) is 4.47. The number of tetrazole rings is 1. The van der Waals surface area contributed by atoms with Gasteiger partial charge in [0.25, 0.3) is 0 Å². The topological polar surface area (TPSA) is 72.7 Å². The van der Waals surface area contributed by atoms with Crippen LogP contribution in [-0.4, -0.2) is 26.1 Å². The molecule has 0 bridgehead atoms. The first kappa shape index (κ1) is 20.3. The van der Waals surface area contributed by atoms with E-state index in [4.69, 9.17) is 0 Å². The number of anilines is 1. The minimum absolute atomic E-state index is 0.00332. The number of nitrogens with zero attached hydrogens (tertiary/aromatic N) is 4. The highest BCUT2D eigenvalue weighted by Crippen LogP contribution is 2.31. The Morgan fingerprint density at radius 3 is 2.39 bits per heavy atom. The molecule has 1 N–H and O–H groups in total. The van der Waals surface area contributed by atoms with Crippen LogP contribution in [0.1, 0.15) is 5.56 Å². The molecular weight excluding hydrogens is 407 g/mol. The van der Waals surface area contributed by atoms with E-state index in [1.165, 1.54) is 12.1 Å². The zero-order chi connectivity index (χ0) is 21.8. The van der Waals surface area contributed by atoms with Crippen molar-refractivity contribution in [3.05, 3.63) is 84.4 Å². The number of rotatable bonds is 5. The number of alkyl halides is 3. The Bertz CT molecular complexity index is 1210. The van der Waals surface area contributed by atoms with Crippen molar-refractivity contribution in [2.45, 2.75) is 12.7 Å². The number of aromatic nitrogens is 4. The Morgan fingerprint density at radius 1 is 0.903 bits per heavy atom. The van der Waals surface area contributed by atoms with Gasteiger partial charge in [0, 0.05) is 16.8 Å². The highest BCUT2D eigenvalue weighted by atomic mass is 19.4.